The zero-order chi connectivity index (χ0) is 22.8. The molecule has 33 heavy (non-hydrogen) atoms. The van der Waals surface area contributed by atoms with E-state index in [2.05, 4.69) is 11.0 Å². The summed E-state index contributed by atoms with van der Waals surface area (Å²) >= 11 is 1.58. The van der Waals surface area contributed by atoms with E-state index in [0.717, 1.165) is 36.4 Å². The Balaban J connectivity index is 1.13. The van der Waals surface area contributed by atoms with Crippen LogP contribution in [-0.2, 0) is 27.2 Å². The van der Waals surface area contributed by atoms with Crippen molar-refractivity contribution < 1.29 is 14.4 Å². The van der Waals surface area contributed by atoms with Gasteiger partial charge in [0.25, 0.3) is 0 Å². The second-order valence-corrected chi connectivity index (χ2v) is 10.1. The molecule has 1 aromatic carbocycles. The van der Waals surface area contributed by atoms with E-state index in [9.17, 15) is 14.4 Å². The van der Waals surface area contributed by atoms with Crippen LogP contribution in [0.5, 0.6) is 0 Å². The standard InChI is InChI=1S/C25H30N4O3S/c30-23(17-20-6-4-16-33-20)28-10-3-8-22(28)25(32)27-14-12-26(13-15-27)18-24(31)29-11-9-19-5-1-2-7-21(19)29/h1-2,4-7,16,22H,3,8-15,17-18H2. The van der Waals surface area contributed by atoms with Gasteiger partial charge in [-0.1, -0.05) is 24.3 Å². The molecule has 174 valence electrons. The Bertz CT molecular complexity index is 1020. The minimum Gasteiger partial charge on any atom is -0.338 e. The second-order valence-electron chi connectivity index (χ2n) is 9.03. The van der Waals surface area contributed by atoms with Crippen LogP contribution in [0.1, 0.15) is 23.3 Å². The topological polar surface area (TPSA) is 64.2 Å². The third kappa shape index (κ3) is 4.68. The molecule has 3 aliphatic rings. The Kier molecular flexibility index (Phi) is 6.46. The number of fused-ring (bicyclic) bond motifs is 1. The van der Waals surface area contributed by atoms with E-state index in [1.165, 1.54) is 5.56 Å². The lowest BCUT2D eigenvalue weighted by Gasteiger charge is -2.37. The molecule has 3 amide bonds. The lowest BCUT2D eigenvalue weighted by Crippen LogP contribution is -2.55. The molecule has 0 aliphatic carbocycles. The van der Waals surface area contributed by atoms with Gasteiger partial charge < -0.3 is 14.7 Å². The number of carbonyl (C=O) groups is 3. The largest absolute Gasteiger partial charge is 0.338 e. The van der Waals surface area contributed by atoms with Gasteiger partial charge in [0.2, 0.25) is 17.7 Å². The Morgan fingerprint density at radius 2 is 1.73 bits per heavy atom. The first-order valence-electron chi connectivity index (χ1n) is 11.8. The summed E-state index contributed by atoms with van der Waals surface area (Å²) in [5.74, 6) is 0.232. The predicted molar refractivity (Wildman–Crippen MR) is 128 cm³/mol. The number of nitrogens with zero attached hydrogens (tertiary/aromatic N) is 4. The van der Waals surface area contributed by atoms with Crippen LogP contribution in [0.15, 0.2) is 41.8 Å². The first-order chi connectivity index (χ1) is 16.1. The van der Waals surface area contributed by atoms with Gasteiger partial charge in [0, 0.05) is 49.8 Å². The minimum absolute atomic E-state index is 0.0448. The van der Waals surface area contributed by atoms with E-state index < -0.39 is 0 Å². The molecule has 7 nitrogen and oxygen atoms in total. The quantitative estimate of drug-likeness (QED) is 0.676. The van der Waals surface area contributed by atoms with Gasteiger partial charge in [0.1, 0.15) is 6.04 Å². The fourth-order valence-corrected chi connectivity index (χ4v) is 5.89. The molecule has 3 aliphatic heterocycles. The van der Waals surface area contributed by atoms with Crippen LogP contribution in [0.4, 0.5) is 5.69 Å². The van der Waals surface area contributed by atoms with E-state index in [0.29, 0.717) is 45.7 Å². The molecule has 2 fully saturated rings. The molecule has 5 rings (SSSR count). The Morgan fingerprint density at radius 1 is 0.909 bits per heavy atom. The van der Waals surface area contributed by atoms with Crippen LogP contribution in [0.2, 0.25) is 0 Å². The minimum atomic E-state index is -0.341. The molecular weight excluding hydrogens is 436 g/mol. The summed E-state index contributed by atoms with van der Waals surface area (Å²) in [6, 6.07) is 11.7. The van der Waals surface area contributed by atoms with Crippen LogP contribution in [0.25, 0.3) is 0 Å². The molecule has 4 heterocycles. The third-order valence-electron chi connectivity index (χ3n) is 6.99. The lowest BCUT2D eigenvalue weighted by atomic mass is 10.1. The van der Waals surface area contributed by atoms with Gasteiger partial charge >= 0.3 is 0 Å². The summed E-state index contributed by atoms with van der Waals surface area (Å²) in [5.41, 5.74) is 2.26. The normalized spacial score (nSPS) is 20.8. The average Bonchev–Trinajstić information content (AvgIpc) is 3.59. The molecule has 1 aromatic heterocycles. The van der Waals surface area contributed by atoms with Crippen molar-refractivity contribution in [2.75, 3.05) is 50.7 Å². The molecule has 0 saturated carbocycles. The molecule has 2 saturated heterocycles. The number of thiophene rings is 1. The van der Waals surface area contributed by atoms with Crippen LogP contribution in [-0.4, -0.2) is 84.3 Å². The second kappa shape index (κ2) is 9.65. The molecule has 1 atom stereocenters. The Morgan fingerprint density at radius 3 is 2.52 bits per heavy atom. The van der Waals surface area contributed by atoms with Crippen molar-refractivity contribution >= 4 is 34.7 Å². The van der Waals surface area contributed by atoms with Crippen molar-refractivity contribution in [3.05, 3.63) is 52.2 Å². The lowest BCUT2D eigenvalue weighted by molar-refractivity contribution is -0.144. The summed E-state index contributed by atoms with van der Waals surface area (Å²) in [6.07, 6.45) is 2.89. The number of piperazine rings is 1. The zero-order valence-electron chi connectivity index (χ0n) is 18.8. The fourth-order valence-electron chi connectivity index (χ4n) is 5.20. The van der Waals surface area contributed by atoms with Crippen LogP contribution >= 0.6 is 11.3 Å². The average molecular weight is 467 g/mol. The van der Waals surface area contributed by atoms with Gasteiger partial charge in [-0.2, -0.15) is 0 Å². The van der Waals surface area contributed by atoms with Gasteiger partial charge in [-0.15, -0.1) is 11.3 Å². The van der Waals surface area contributed by atoms with E-state index >= 15 is 0 Å². The SMILES string of the molecule is O=C(C1CCCN1C(=O)Cc1cccs1)N1CCN(CC(=O)N2CCc3ccccc32)CC1. The van der Waals surface area contributed by atoms with Crippen LogP contribution < -0.4 is 4.90 Å². The highest BCUT2D eigenvalue weighted by molar-refractivity contribution is 7.10. The summed E-state index contributed by atoms with van der Waals surface area (Å²) in [4.78, 5) is 47.7. The maximum atomic E-state index is 13.2. The van der Waals surface area contributed by atoms with Gasteiger partial charge in [0.15, 0.2) is 0 Å². The van der Waals surface area contributed by atoms with E-state index in [1.54, 1.807) is 16.2 Å². The molecule has 0 radical (unpaired) electrons. The van der Waals surface area contributed by atoms with Gasteiger partial charge in [-0.3, -0.25) is 19.3 Å². The van der Waals surface area contributed by atoms with Crippen molar-refractivity contribution in [2.24, 2.45) is 0 Å². The third-order valence-corrected chi connectivity index (χ3v) is 7.87. The molecule has 8 heteroatoms. The Labute approximate surface area is 198 Å². The smallest absolute Gasteiger partial charge is 0.245 e. The maximum Gasteiger partial charge on any atom is 0.245 e. The summed E-state index contributed by atoms with van der Waals surface area (Å²) < 4.78 is 0. The maximum absolute atomic E-state index is 13.2. The molecule has 2 aromatic rings. The van der Waals surface area contributed by atoms with E-state index in [4.69, 9.17) is 0 Å². The monoisotopic (exact) mass is 466 g/mol. The molecule has 1 unspecified atom stereocenters. The first kappa shape index (κ1) is 22.1. The van der Waals surface area contributed by atoms with E-state index in [-0.39, 0.29) is 23.8 Å². The molecular formula is C25H30N4O3S. The van der Waals surface area contributed by atoms with Crippen molar-refractivity contribution in [3.63, 3.8) is 0 Å². The summed E-state index contributed by atoms with van der Waals surface area (Å²) in [7, 11) is 0. The van der Waals surface area contributed by atoms with Gasteiger partial charge in [0.05, 0.1) is 13.0 Å². The van der Waals surface area contributed by atoms with Crippen LogP contribution in [0.3, 0.4) is 0 Å². The number of amides is 3. The number of hydrogen-bond donors (Lipinski definition) is 0. The number of carbonyl (C=O) groups excluding carboxylic acids is 3. The van der Waals surface area contributed by atoms with Gasteiger partial charge in [-0.25, -0.2) is 0 Å². The highest BCUT2D eigenvalue weighted by atomic mass is 32.1. The van der Waals surface area contributed by atoms with Crippen LogP contribution in [0, 0.1) is 0 Å². The number of likely N-dealkylation sites (tertiary alicyclic amines) is 1. The number of para-hydroxylation sites is 1. The van der Waals surface area contributed by atoms with E-state index in [1.807, 2.05) is 45.5 Å². The first-order valence-corrected chi connectivity index (χ1v) is 12.7. The van der Waals surface area contributed by atoms with Crippen molar-refractivity contribution in [1.29, 1.82) is 0 Å². The Hall–Kier alpha value is -2.71. The van der Waals surface area contributed by atoms with Crippen molar-refractivity contribution in [2.45, 2.75) is 31.7 Å². The molecule has 0 N–H and O–H groups in total. The number of rotatable bonds is 5. The zero-order valence-corrected chi connectivity index (χ0v) is 19.6. The highest BCUT2D eigenvalue weighted by Gasteiger charge is 2.37. The molecule has 0 spiro atoms. The summed E-state index contributed by atoms with van der Waals surface area (Å²) in [6.45, 7) is 4.36. The summed E-state index contributed by atoms with van der Waals surface area (Å²) in [5, 5.41) is 1.97. The van der Waals surface area contributed by atoms with Crippen molar-refractivity contribution in [3.8, 4) is 0 Å². The number of hydrogen-bond acceptors (Lipinski definition) is 5. The predicted octanol–water partition coefficient (Wildman–Crippen LogP) is 2.02. The molecule has 0 bridgehead atoms. The highest BCUT2D eigenvalue weighted by Crippen LogP contribution is 2.28. The van der Waals surface area contributed by atoms with Gasteiger partial charge in [-0.05, 0) is 42.3 Å². The fraction of sp³-hybridized carbons (Fsp3) is 0.480. The number of anilines is 1. The van der Waals surface area contributed by atoms with Crippen molar-refractivity contribution in [1.82, 2.24) is 14.7 Å². The number of benzene rings is 1.